The summed E-state index contributed by atoms with van der Waals surface area (Å²) in [6.07, 6.45) is 1.24. The molecule has 0 fully saturated rings. The number of rotatable bonds is 8. The van der Waals surface area contributed by atoms with Crippen molar-refractivity contribution in [2.45, 2.75) is 17.1 Å². The number of thiophene rings is 1. The van der Waals surface area contributed by atoms with Gasteiger partial charge in [-0.2, -0.15) is 8.42 Å². The lowest BCUT2D eigenvalue weighted by molar-refractivity contribution is 0.0533. The Balaban J connectivity index is 2.14. The van der Waals surface area contributed by atoms with Crippen molar-refractivity contribution in [1.82, 2.24) is 4.90 Å². The van der Waals surface area contributed by atoms with Crippen molar-refractivity contribution in [3.05, 3.63) is 64.0 Å². The van der Waals surface area contributed by atoms with Crippen LogP contribution in [0.4, 0.5) is 0 Å². The molecule has 0 radical (unpaired) electrons. The van der Waals surface area contributed by atoms with Crippen LogP contribution in [-0.4, -0.2) is 46.3 Å². The van der Waals surface area contributed by atoms with Crippen LogP contribution in [0.25, 0.3) is 21.6 Å². The number of ether oxygens (including phenoxy) is 1. The molecule has 1 heterocycles. The van der Waals surface area contributed by atoms with Crippen molar-refractivity contribution in [3.63, 3.8) is 0 Å². The molecule has 2 aromatic carbocycles. The van der Waals surface area contributed by atoms with E-state index in [-0.39, 0.29) is 11.5 Å². The maximum atomic E-state index is 12.8. The van der Waals surface area contributed by atoms with Crippen LogP contribution in [0.2, 0.25) is 5.02 Å². The van der Waals surface area contributed by atoms with Gasteiger partial charge in [-0.15, -0.1) is 15.7 Å². The Bertz CT molecular complexity index is 1270. The van der Waals surface area contributed by atoms with Crippen LogP contribution in [0.3, 0.4) is 0 Å². The maximum absolute atomic E-state index is 12.8. The van der Waals surface area contributed by atoms with E-state index < -0.39 is 16.0 Å². The molecule has 0 amide bonds. The van der Waals surface area contributed by atoms with E-state index in [0.29, 0.717) is 26.4 Å². The van der Waals surface area contributed by atoms with E-state index in [2.05, 4.69) is 20.3 Å². The third-order valence-corrected chi connectivity index (χ3v) is 7.88. The highest BCUT2D eigenvalue weighted by molar-refractivity contribution is 9.08. The van der Waals surface area contributed by atoms with Gasteiger partial charge in [-0.05, 0) is 47.9 Å². The Hall–Kier alpha value is -2.20. The molecule has 0 bridgehead atoms. The Morgan fingerprint density at radius 2 is 1.73 bits per heavy atom. The molecule has 1 aromatic heterocycles. The number of carbonyl (C=O) groups excluding carboxylic acids is 1. The molecule has 0 saturated heterocycles. The van der Waals surface area contributed by atoms with Crippen LogP contribution >= 0.6 is 38.9 Å². The van der Waals surface area contributed by atoms with Crippen LogP contribution in [0.5, 0.6) is 0 Å². The molecular weight excluding hydrogens is 548 g/mol. The van der Waals surface area contributed by atoms with Gasteiger partial charge in [0, 0.05) is 34.9 Å². The van der Waals surface area contributed by atoms with Gasteiger partial charge >= 0.3 is 5.97 Å². The summed E-state index contributed by atoms with van der Waals surface area (Å²) in [6, 6.07) is 13.7. The number of sulfonamides is 1. The second-order valence-electron chi connectivity index (χ2n) is 7.16. The zero-order valence-corrected chi connectivity index (χ0v) is 22.2. The zero-order chi connectivity index (χ0) is 24.2. The molecule has 3 rings (SSSR count). The van der Waals surface area contributed by atoms with Crippen LogP contribution in [-0.2, 0) is 20.1 Å². The maximum Gasteiger partial charge on any atom is 0.348 e. The quantitative estimate of drug-likeness (QED) is 0.142. The minimum Gasteiger partial charge on any atom is -0.462 e. The molecule has 0 aliphatic carbocycles. The SMILES string of the molecule is CCOC(=O)c1sc(-c2ccc(Cl)cc2)c(CBr)c1-c1ccc(S(=O)(=O)/N=C\N(C)C)cc1. The summed E-state index contributed by atoms with van der Waals surface area (Å²) >= 11 is 10.9. The van der Waals surface area contributed by atoms with Crippen LogP contribution in [0, 0.1) is 0 Å². The monoisotopic (exact) mass is 568 g/mol. The number of benzene rings is 2. The van der Waals surface area contributed by atoms with E-state index in [0.717, 1.165) is 16.0 Å². The number of esters is 1. The summed E-state index contributed by atoms with van der Waals surface area (Å²) in [5.74, 6) is -0.424. The molecule has 3 aromatic rings. The van der Waals surface area contributed by atoms with Gasteiger partial charge in [-0.1, -0.05) is 51.8 Å². The van der Waals surface area contributed by atoms with Gasteiger partial charge in [0.2, 0.25) is 0 Å². The number of hydrogen-bond acceptors (Lipinski definition) is 5. The number of alkyl halides is 1. The van der Waals surface area contributed by atoms with E-state index in [1.54, 1.807) is 50.2 Å². The molecule has 0 saturated carbocycles. The van der Waals surface area contributed by atoms with Gasteiger partial charge in [0.15, 0.2) is 0 Å². The fraction of sp³-hybridized carbons (Fsp3) is 0.217. The second kappa shape index (κ2) is 10.8. The second-order valence-corrected chi connectivity index (χ2v) is 10.8. The summed E-state index contributed by atoms with van der Waals surface area (Å²) in [5.41, 5.74) is 3.25. The number of halogens is 2. The lowest BCUT2D eigenvalue weighted by Gasteiger charge is -2.09. The molecule has 10 heteroatoms. The Kier molecular flexibility index (Phi) is 8.33. The van der Waals surface area contributed by atoms with Crippen molar-refractivity contribution >= 4 is 61.2 Å². The van der Waals surface area contributed by atoms with Gasteiger partial charge in [-0.3, -0.25) is 0 Å². The van der Waals surface area contributed by atoms with Crippen molar-refractivity contribution in [2.24, 2.45) is 4.40 Å². The highest BCUT2D eigenvalue weighted by Crippen LogP contribution is 2.44. The molecule has 6 nitrogen and oxygen atoms in total. The van der Waals surface area contributed by atoms with Crippen LogP contribution in [0.1, 0.15) is 22.2 Å². The molecule has 0 atom stereocenters. The molecule has 174 valence electrons. The predicted octanol–water partition coefficient (Wildman–Crippen LogP) is 6.09. The smallest absolute Gasteiger partial charge is 0.348 e. The lowest BCUT2D eigenvalue weighted by Crippen LogP contribution is -2.10. The highest BCUT2D eigenvalue weighted by atomic mass is 79.9. The molecule has 0 N–H and O–H groups in total. The fourth-order valence-electron chi connectivity index (χ4n) is 3.08. The topological polar surface area (TPSA) is 76.0 Å². The van der Waals surface area contributed by atoms with E-state index in [9.17, 15) is 13.2 Å². The summed E-state index contributed by atoms with van der Waals surface area (Å²) in [6.45, 7) is 2.00. The first-order valence-electron chi connectivity index (χ1n) is 9.90. The van der Waals surface area contributed by atoms with Gasteiger partial charge in [0.1, 0.15) is 11.2 Å². The van der Waals surface area contributed by atoms with Crippen LogP contribution in [0.15, 0.2) is 57.8 Å². The van der Waals surface area contributed by atoms with Gasteiger partial charge < -0.3 is 9.64 Å². The number of hydrogen-bond donors (Lipinski definition) is 0. The summed E-state index contributed by atoms with van der Waals surface area (Å²) in [4.78, 5) is 15.8. The molecule has 0 aliphatic heterocycles. The van der Waals surface area contributed by atoms with Crippen molar-refractivity contribution < 1.29 is 17.9 Å². The predicted molar refractivity (Wildman–Crippen MR) is 138 cm³/mol. The van der Waals surface area contributed by atoms with Gasteiger partial charge in [0.05, 0.1) is 11.5 Å². The Labute approximate surface area is 211 Å². The van der Waals surface area contributed by atoms with E-state index in [4.69, 9.17) is 16.3 Å². The normalized spacial score (nSPS) is 11.7. The summed E-state index contributed by atoms with van der Waals surface area (Å²) < 4.78 is 33.9. The highest BCUT2D eigenvalue weighted by Gasteiger charge is 2.25. The minimum absolute atomic E-state index is 0.0654. The first kappa shape index (κ1) is 25.4. The standard InChI is InChI=1S/C23H22BrClN2O4S2/c1-4-31-23(28)22-20(19(13-24)21(32-22)16-5-9-17(25)10-6-16)15-7-11-18(12-8-15)33(29,30)26-14-27(2)3/h5-12,14H,4,13H2,1-3H3/b26-14-. The summed E-state index contributed by atoms with van der Waals surface area (Å²) in [5, 5.41) is 1.11. The van der Waals surface area contributed by atoms with Crippen molar-refractivity contribution in [1.29, 1.82) is 0 Å². The van der Waals surface area contributed by atoms with E-state index in [1.807, 2.05) is 12.1 Å². The average molecular weight is 570 g/mol. The minimum atomic E-state index is -3.83. The first-order valence-corrected chi connectivity index (χ1v) is 13.7. The lowest BCUT2D eigenvalue weighted by atomic mass is 9.99. The Morgan fingerprint density at radius 3 is 2.27 bits per heavy atom. The molecule has 0 spiro atoms. The molecule has 0 aliphatic rings. The fourth-order valence-corrected chi connectivity index (χ4v) is 6.11. The van der Waals surface area contributed by atoms with Crippen LogP contribution < -0.4 is 0 Å². The molecule has 33 heavy (non-hydrogen) atoms. The zero-order valence-electron chi connectivity index (χ0n) is 18.2. The van der Waals surface area contributed by atoms with Crippen molar-refractivity contribution in [2.75, 3.05) is 20.7 Å². The van der Waals surface area contributed by atoms with E-state index in [1.165, 1.54) is 29.8 Å². The number of nitrogens with zero attached hydrogens (tertiary/aromatic N) is 2. The van der Waals surface area contributed by atoms with Gasteiger partial charge in [0.25, 0.3) is 10.0 Å². The molecular formula is C23H22BrClN2O4S2. The van der Waals surface area contributed by atoms with Crippen molar-refractivity contribution in [3.8, 4) is 21.6 Å². The third kappa shape index (κ3) is 5.84. The third-order valence-electron chi connectivity index (χ3n) is 4.57. The first-order chi connectivity index (χ1) is 15.7. The largest absolute Gasteiger partial charge is 0.462 e. The van der Waals surface area contributed by atoms with E-state index >= 15 is 0 Å². The molecule has 0 unspecified atom stereocenters. The number of carbonyl (C=O) groups is 1. The summed E-state index contributed by atoms with van der Waals surface area (Å²) in [7, 11) is -0.450. The van der Waals surface area contributed by atoms with Gasteiger partial charge in [-0.25, -0.2) is 4.79 Å². The average Bonchev–Trinajstić information content (AvgIpc) is 3.18. The Morgan fingerprint density at radius 1 is 1.12 bits per heavy atom.